The molecule has 2 saturated heterocycles. The average Bonchev–Trinajstić information content (AvgIpc) is 3.08. The number of β-lactam (4-membered cyclic amide) rings is 1. The summed E-state index contributed by atoms with van der Waals surface area (Å²) in [6.45, 7) is 8.52. The zero-order valence-corrected chi connectivity index (χ0v) is 19.5. The van der Waals surface area contributed by atoms with Crippen molar-refractivity contribution < 1.29 is 33.8 Å². The molecule has 0 bridgehead atoms. The van der Waals surface area contributed by atoms with Crippen LogP contribution < -0.4 is 0 Å². The third-order valence-electron chi connectivity index (χ3n) is 5.89. The molecule has 172 valence electrons. The number of thioether (sulfide) groups is 1. The largest absolute Gasteiger partial charge is 0.427 e. The van der Waals surface area contributed by atoms with Crippen molar-refractivity contribution >= 4 is 35.5 Å². The second-order valence-corrected chi connectivity index (χ2v) is 10.8. The number of rotatable bonds is 6. The standard InChI is InChI=1S/C21H30N2O7S/c1-10-15-14(11(2)24)18(26)23(15)16(17(10)31-12-7-13(25)22(6)8-12)19(27)29-9-30-20(28)21(3,4)5/h10-12,14-15,24H,7-9H2,1-6H3/t10-,11-,12?,14-,15-/m1/s1. The maximum atomic E-state index is 12.9. The molecular formula is C21H30N2O7S. The fourth-order valence-corrected chi connectivity index (χ4v) is 5.70. The monoisotopic (exact) mass is 454 g/mol. The lowest BCUT2D eigenvalue weighted by molar-refractivity contribution is -0.175. The number of esters is 2. The van der Waals surface area contributed by atoms with Crippen molar-refractivity contribution in [3.63, 3.8) is 0 Å². The first-order valence-corrected chi connectivity index (χ1v) is 11.2. The third kappa shape index (κ3) is 4.32. The summed E-state index contributed by atoms with van der Waals surface area (Å²) in [6.07, 6.45) is -0.494. The molecule has 1 unspecified atom stereocenters. The number of aliphatic hydroxyl groups excluding tert-OH is 1. The van der Waals surface area contributed by atoms with Crippen molar-refractivity contribution in [1.29, 1.82) is 0 Å². The van der Waals surface area contributed by atoms with E-state index in [4.69, 9.17) is 9.47 Å². The number of hydrogen-bond acceptors (Lipinski definition) is 8. The number of hydrogen-bond donors (Lipinski definition) is 1. The number of nitrogens with zero attached hydrogens (tertiary/aromatic N) is 2. The lowest BCUT2D eigenvalue weighted by Crippen LogP contribution is -2.63. The molecular weight excluding hydrogens is 424 g/mol. The van der Waals surface area contributed by atoms with Crippen LogP contribution in [-0.2, 0) is 28.7 Å². The molecule has 10 heteroatoms. The zero-order chi connectivity index (χ0) is 23.2. The maximum Gasteiger partial charge on any atom is 0.358 e. The molecule has 0 spiro atoms. The van der Waals surface area contributed by atoms with E-state index >= 15 is 0 Å². The van der Waals surface area contributed by atoms with Gasteiger partial charge in [0.05, 0.1) is 23.5 Å². The lowest BCUT2D eigenvalue weighted by Gasteiger charge is -2.46. The molecule has 0 aromatic heterocycles. The summed E-state index contributed by atoms with van der Waals surface area (Å²) in [5.41, 5.74) is -0.614. The fourth-order valence-electron chi connectivity index (χ4n) is 4.17. The van der Waals surface area contributed by atoms with E-state index in [0.717, 1.165) is 0 Å². The highest BCUT2D eigenvalue weighted by atomic mass is 32.2. The highest BCUT2D eigenvalue weighted by Crippen LogP contribution is 2.52. The average molecular weight is 455 g/mol. The number of aliphatic hydroxyl groups is 1. The van der Waals surface area contributed by atoms with Gasteiger partial charge in [-0.1, -0.05) is 6.92 Å². The van der Waals surface area contributed by atoms with Gasteiger partial charge in [0, 0.05) is 36.1 Å². The first kappa shape index (κ1) is 23.6. The Morgan fingerprint density at radius 2 is 1.90 bits per heavy atom. The minimum absolute atomic E-state index is 0.0307. The minimum atomic E-state index is -0.843. The lowest BCUT2D eigenvalue weighted by atomic mass is 9.79. The highest BCUT2D eigenvalue weighted by molar-refractivity contribution is 8.03. The van der Waals surface area contributed by atoms with Gasteiger partial charge < -0.3 is 24.4 Å². The van der Waals surface area contributed by atoms with E-state index in [1.54, 1.807) is 39.6 Å². The van der Waals surface area contributed by atoms with E-state index in [1.165, 1.54) is 16.7 Å². The number of amides is 2. The maximum absolute atomic E-state index is 12.9. The van der Waals surface area contributed by atoms with Crippen molar-refractivity contribution in [2.45, 2.75) is 58.4 Å². The number of fused-ring (bicyclic) bond motifs is 1. The van der Waals surface area contributed by atoms with Gasteiger partial charge in [0.15, 0.2) is 0 Å². The first-order valence-electron chi connectivity index (χ1n) is 10.3. The normalized spacial score (nSPS) is 29.1. The molecule has 0 radical (unpaired) electrons. The molecule has 3 aliphatic heterocycles. The summed E-state index contributed by atoms with van der Waals surface area (Å²) < 4.78 is 10.2. The van der Waals surface area contributed by atoms with Crippen molar-refractivity contribution in [1.82, 2.24) is 9.80 Å². The summed E-state index contributed by atoms with van der Waals surface area (Å²) in [5.74, 6) is -2.36. The molecule has 1 N–H and O–H groups in total. The molecule has 5 atom stereocenters. The SMILES string of the molecule is C[C@@H](O)[C@H]1C(=O)N2C(C(=O)OCOC(=O)C(C)(C)C)=C(SC3CC(=O)N(C)C3)[C@H](C)[C@H]12. The molecule has 3 rings (SSSR count). The molecule has 2 amide bonds. The molecule has 0 aliphatic carbocycles. The van der Waals surface area contributed by atoms with Crippen molar-refractivity contribution in [3.8, 4) is 0 Å². The quantitative estimate of drug-likeness (QED) is 0.361. The molecule has 2 fully saturated rings. The second-order valence-electron chi connectivity index (χ2n) is 9.42. The van der Waals surface area contributed by atoms with Gasteiger partial charge >= 0.3 is 11.9 Å². The van der Waals surface area contributed by atoms with E-state index < -0.39 is 36.2 Å². The molecule has 0 aromatic rings. The van der Waals surface area contributed by atoms with Crippen LogP contribution in [0.25, 0.3) is 0 Å². The Kier molecular flexibility index (Phi) is 6.44. The molecule has 0 saturated carbocycles. The van der Waals surface area contributed by atoms with E-state index in [1.807, 2.05) is 6.92 Å². The van der Waals surface area contributed by atoms with Gasteiger partial charge in [-0.25, -0.2) is 4.79 Å². The number of likely N-dealkylation sites (tertiary alicyclic amines) is 1. The van der Waals surface area contributed by atoms with Gasteiger partial charge in [-0.3, -0.25) is 14.4 Å². The first-order chi connectivity index (χ1) is 14.3. The summed E-state index contributed by atoms with van der Waals surface area (Å²) >= 11 is 1.41. The Balaban J connectivity index is 1.80. The molecule has 31 heavy (non-hydrogen) atoms. The van der Waals surface area contributed by atoms with Crippen LogP contribution in [0, 0.1) is 17.3 Å². The highest BCUT2D eigenvalue weighted by Gasteiger charge is 2.60. The second kappa shape index (κ2) is 8.46. The van der Waals surface area contributed by atoms with Crippen molar-refractivity contribution in [2.75, 3.05) is 20.4 Å². The van der Waals surface area contributed by atoms with Gasteiger partial charge in [0.2, 0.25) is 18.6 Å². The van der Waals surface area contributed by atoms with Crippen LogP contribution in [0.2, 0.25) is 0 Å². The third-order valence-corrected chi connectivity index (χ3v) is 7.36. The minimum Gasteiger partial charge on any atom is -0.427 e. The summed E-state index contributed by atoms with van der Waals surface area (Å²) in [6, 6.07) is -0.343. The predicted molar refractivity (Wildman–Crippen MR) is 112 cm³/mol. The Bertz CT molecular complexity index is 832. The Labute approximate surface area is 186 Å². The predicted octanol–water partition coefficient (Wildman–Crippen LogP) is 1.11. The van der Waals surface area contributed by atoms with Crippen LogP contribution in [0.4, 0.5) is 0 Å². The topological polar surface area (TPSA) is 113 Å². The fraction of sp³-hybridized carbons (Fsp3) is 0.714. The Morgan fingerprint density at radius 1 is 1.26 bits per heavy atom. The van der Waals surface area contributed by atoms with Gasteiger partial charge in [0.1, 0.15) is 5.70 Å². The van der Waals surface area contributed by atoms with Gasteiger partial charge in [0.25, 0.3) is 0 Å². The summed E-state index contributed by atoms with van der Waals surface area (Å²) in [5, 5.41) is 10.0. The van der Waals surface area contributed by atoms with Crippen LogP contribution >= 0.6 is 11.8 Å². The van der Waals surface area contributed by atoms with Crippen molar-refractivity contribution in [2.24, 2.45) is 17.3 Å². The summed E-state index contributed by atoms with van der Waals surface area (Å²) in [4.78, 5) is 53.2. The van der Waals surface area contributed by atoms with Crippen LogP contribution in [0.1, 0.15) is 41.0 Å². The van der Waals surface area contributed by atoms with Crippen LogP contribution in [0.3, 0.4) is 0 Å². The molecule has 3 aliphatic rings. The molecule has 9 nitrogen and oxygen atoms in total. The Morgan fingerprint density at radius 3 is 2.42 bits per heavy atom. The van der Waals surface area contributed by atoms with Crippen LogP contribution in [-0.4, -0.2) is 76.4 Å². The summed E-state index contributed by atoms with van der Waals surface area (Å²) in [7, 11) is 1.73. The number of carbonyl (C=O) groups excluding carboxylic acids is 4. The molecule has 3 heterocycles. The molecule has 0 aromatic carbocycles. The van der Waals surface area contributed by atoms with Crippen LogP contribution in [0.15, 0.2) is 10.6 Å². The smallest absolute Gasteiger partial charge is 0.358 e. The number of ether oxygens (including phenoxy) is 2. The van der Waals surface area contributed by atoms with Crippen LogP contribution in [0.5, 0.6) is 0 Å². The van der Waals surface area contributed by atoms with E-state index in [0.29, 0.717) is 17.9 Å². The van der Waals surface area contributed by atoms with Crippen molar-refractivity contribution in [3.05, 3.63) is 10.6 Å². The van der Waals surface area contributed by atoms with Gasteiger partial charge in [-0.15, -0.1) is 11.8 Å². The van der Waals surface area contributed by atoms with E-state index in [9.17, 15) is 24.3 Å². The Hall–Kier alpha value is -2.07. The van der Waals surface area contributed by atoms with Gasteiger partial charge in [-0.2, -0.15) is 0 Å². The number of carbonyl (C=O) groups is 4. The van der Waals surface area contributed by atoms with E-state index in [-0.39, 0.29) is 34.7 Å². The van der Waals surface area contributed by atoms with E-state index in [2.05, 4.69) is 0 Å². The zero-order valence-electron chi connectivity index (χ0n) is 18.7. The van der Waals surface area contributed by atoms with Gasteiger partial charge in [-0.05, 0) is 27.7 Å².